The predicted octanol–water partition coefficient (Wildman–Crippen LogP) is 0.424. The van der Waals surface area contributed by atoms with Gasteiger partial charge in [0, 0.05) is 46.8 Å². The summed E-state index contributed by atoms with van der Waals surface area (Å²) in [6.45, 7) is 10.8. The molecule has 0 rings (SSSR count). The molecule has 0 spiro atoms. The summed E-state index contributed by atoms with van der Waals surface area (Å²) in [5.74, 6) is 0.821. The lowest BCUT2D eigenvalue weighted by atomic mass is 10.4. The Labute approximate surface area is 153 Å². The second kappa shape index (κ2) is 12.1. The van der Waals surface area contributed by atoms with Crippen LogP contribution in [0.5, 0.6) is 0 Å². The number of guanidine groups is 1. The number of nitrogens with zero attached hydrogens (tertiary/aromatic N) is 4. The van der Waals surface area contributed by atoms with Gasteiger partial charge in [0.15, 0.2) is 5.96 Å². The van der Waals surface area contributed by atoms with Crippen LogP contribution in [-0.4, -0.2) is 93.5 Å². The number of hydrogen-bond acceptors (Lipinski definition) is 4. The quantitative estimate of drug-likeness (QED) is 0.320. The standard InChI is InChI=1S/C16H35N5O3S/c1-7-17-16(19(5)14-15(22)21(8-2)9-3)18-12-11-13-20(6)25(23,24)10-4/h7-14H2,1-6H3,(H,17,18). The summed E-state index contributed by atoms with van der Waals surface area (Å²) in [5, 5.41) is 3.17. The van der Waals surface area contributed by atoms with Gasteiger partial charge in [0.1, 0.15) is 0 Å². The monoisotopic (exact) mass is 377 g/mol. The predicted molar refractivity (Wildman–Crippen MR) is 103 cm³/mol. The molecule has 0 saturated carbocycles. The largest absolute Gasteiger partial charge is 0.357 e. The molecule has 0 saturated heterocycles. The number of aliphatic imine (C=N–C) groups is 1. The summed E-state index contributed by atoms with van der Waals surface area (Å²) in [5.41, 5.74) is 0. The molecule has 0 aromatic heterocycles. The fraction of sp³-hybridized carbons (Fsp3) is 0.875. The Hall–Kier alpha value is -1.35. The summed E-state index contributed by atoms with van der Waals surface area (Å²) in [7, 11) is 0.268. The average molecular weight is 378 g/mol. The van der Waals surface area contributed by atoms with E-state index in [9.17, 15) is 13.2 Å². The fourth-order valence-corrected chi connectivity index (χ4v) is 3.11. The molecule has 0 atom stereocenters. The van der Waals surface area contributed by atoms with Crippen LogP contribution >= 0.6 is 0 Å². The van der Waals surface area contributed by atoms with Crippen molar-refractivity contribution in [2.45, 2.75) is 34.1 Å². The molecule has 0 unspecified atom stereocenters. The molecule has 0 heterocycles. The number of carbonyl (C=O) groups is 1. The second-order valence-corrected chi connectivity index (χ2v) is 8.10. The van der Waals surface area contributed by atoms with Crippen LogP contribution in [0.25, 0.3) is 0 Å². The minimum atomic E-state index is -3.15. The van der Waals surface area contributed by atoms with Gasteiger partial charge in [0.05, 0.1) is 12.3 Å². The lowest BCUT2D eigenvalue weighted by molar-refractivity contribution is -0.131. The Kier molecular flexibility index (Phi) is 11.4. The molecular formula is C16H35N5O3S. The van der Waals surface area contributed by atoms with Crippen LogP contribution in [0.2, 0.25) is 0 Å². The molecule has 8 nitrogen and oxygen atoms in total. The van der Waals surface area contributed by atoms with Crippen molar-refractivity contribution in [2.24, 2.45) is 4.99 Å². The second-order valence-electron chi connectivity index (χ2n) is 5.73. The summed E-state index contributed by atoms with van der Waals surface area (Å²) in [6.07, 6.45) is 0.627. The van der Waals surface area contributed by atoms with Gasteiger partial charge in [-0.25, -0.2) is 12.7 Å². The average Bonchev–Trinajstić information content (AvgIpc) is 2.58. The molecule has 148 valence electrons. The number of rotatable bonds is 11. The Bertz CT molecular complexity index is 518. The molecule has 0 bridgehead atoms. The van der Waals surface area contributed by atoms with E-state index in [0.717, 1.165) is 0 Å². The van der Waals surface area contributed by atoms with Gasteiger partial charge >= 0.3 is 0 Å². The van der Waals surface area contributed by atoms with Crippen LogP contribution in [0.15, 0.2) is 4.99 Å². The van der Waals surface area contributed by atoms with Crippen LogP contribution in [0.1, 0.15) is 34.1 Å². The smallest absolute Gasteiger partial charge is 0.242 e. The minimum absolute atomic E-state index is 0.0619. The van der Waals surface area contributed by atoms with E-state index in [-0.39, 0.29) is 18.2 Å². The van der Waals surface area contributed by atoms with Crippen molar-refractivity contribution in [3.63, 3.8) is 0 Å². The number of carbonyl (C=O) groups excluding carboxylic acids is 1. The summed E-state index contributed by atoms with van der Waals surface area (Å²) < 4.78 is 24.8. The molecule has 0 aliphatic carbocycles. The maximum Gasteiger partial charge on any atom is 0.242 e. The van der Waals surface area contributed by atoms with Gasteiger partial charge in [-0.05, 0) is 34.1 Å². The zero-order valence-corrected chi connectivity index (χ0v) is 17.4. The van der Waals surface area contributed by atoms with Gasteiger partial charge in [0.2, 0.25) is 15.9 Å². The first-order chi connectivity index (χ1) is 11.7. The zero-order chi connectivity index (χ0) is 19.5. The molecule has 0 aliphatic rings. The van der Waals surface area contributed by atoms with E-state index in [1.165, 1.54) is 4.31 Å². The molecule has 9 heteroatoms. The van der Waals surface area contributed by atoms with Crippen molar-refractivity contribution in [1.29, 1.82) is 0 Å². The van der Waals surface area contributed by atoms with E-state index in [0.29, 0.717) is 45.1 Å². The molecular weight excluding hydrogens is 342 g/mol. The zero-order valence-electron chi connectivity index (χ0n) is 16.6. The van der Waals surface area contributed by atoms with E-state index in [1.54, 1.807) is 23.8 Å². The molecule has 0 aromatic rings. The Morgan fingerprint density at radius 2 is 1.68 bits per heavy atom. The number of hydrogen-bond donors (Lipinski definition) is 1. The van der Waals surface area contributed by atoms with Crippen molar-refractivity contribution in [3.8, 4) is 0 Å². The van der Waals surface area contributed by atoms with Crippen molar-refractivity contribution in [1.82, 2.24) is 19.4 Å². The maximum absolute atomic E-state index is 12.2. The lowest BCUT2D eigenvalue weighted by Gasteiger charge is -2.25. The first-order valence-electron chi connectivity index (χ1n) is 8.94. The van der Waals surface area contributed by atoms with E-state index in [4.69, 9.17) is 0 Å². The van der Waals surface area contributed by atoms with Gasteiger partial charge in [0.25, 0.3) is 0 Å². The number of amides is 1. The maximum atomic E-state index is 12.2. The molecule has 25 heavy (non-hydrogen) atoms. The molecule has 1 N–H and O–H groups in total. The molecule has 0 aromatic carbocycles. The van der Waals surface area contributed by atoms with Gasteiger partial charge in [-0.15, -0.1) is 0 Å². The SMILES string of the molecule is CCNC(=NCCCN(C)S(=O)(=O)CC)N(C)CC(=O)N(CC)CC. The van der Waals surface area contributed by atoms with Crippen molar-refractivity contribution < 1.29 is 13.2 Å². The Morgan fingerprint density at radius 1 is 1.08 bits per heavy atom. The minimum Gasteiger partial charge on any atom is -0.357 e. The highest BCUT2D eigenvalue weighted by atomic mass is 32.2. The van der Waals surface area contributed by atoms with Gasteiger partial charge in [-0.1, -0.05) is 0 Å². The van der Waals surface area contributed by atoms with E-state index in [2.05, 4.69) is 10.3 Å². The highest BCUT2D eigenvalue weighted by Gasteiger charge is 2.16. The number of sulfonamides is 1. The first-order valence-corrected chi connectivity index (χ1v) is 10.5. The number of likely N-dealkylation sites (N-methyl/N-ethyl adjacent to an activating group) is 2. The van der Waals surface area contributed by atoms with E-state index in [1.807, 2.05) is 27.8 Å². The highest BCUT2D eigenvalue weighted by molar-refractivity contribution is 7.89. The normalized spacial score (nSPS) is 12.4. The third-order valence-electron chi connectivity index (χ3n) is 3.92. The first kappa shape index (κ1) is 23.6. The van der Waals surface area contributed by atoms with Crippen LogP contribution in [0.4, 0.5) is 0 Å². The fourth-order valence-electron chi connectivity index (χ4n) is 2.26. The van der Waals surface area contributed by atoms with Crippen LogP contribution in [0.3, 0.4) is 0 Å². The third kappa shape index (κ3) is 8.53. The highest BCUT2D eigenvalue weighted by Crippen LogP contribution is 2.00. The molecule has 0 fully saturated rings. The summed E-state index contributed by atoms with van der Waals surface area (Å²) in [4.78, 5) is 20.3. The number of nitrogens with one attached hydrogen (secondary N) is 1. The summed E-state index contributed by atoms with van der Waals surface area (Å²) >= 11 is 0. The Balaban J connectivity index is 4.66. The van der Waals surface area contributed by atoms with Crippen molar-refractivity contribution >= 4 is 21.9 Å². The van der Waals surface area contributed by atoms with Crippen LogP contribution < -0.4 is 5.32 Å². The Morgan fingerprint density at radius 3 is 2.16 bits per heavy atom. The van der Waals surface area contributed by atoms with E-state index >= 15 is 0 Å². The van der Waals surface area contributed by atoms with Gasteiger partial charge < -0.3 is 15.1 Å². The topological polar surface area (TPSA) is 85.3 Å². The molecule has 0 radical (unpaired) electrons. The third-order valence-corrected chi connectivity index (χ3v) is 5.78. The van der Waals surface area contributed by atoms with Crippen LogP contribution in [0, 0.1) is 0 Å². The van der Waals surface area contributed by atoms with Crippen molar-refractivity contribution in [2.75, 3.05) is 59.1 Å². The molecule has 1 amide bonds. The van der Waals surface area contributed by atoms with E-state index < -0.39 is 10.0 Å². The van der Waals surface area contributed by atoms with Gasteiger partial charge in [-0.3, -0.25) is 9.79 Å². The lowest BCUT2D eigenvalue weighted by Crippen LogP contribution is -2.45. The van der Waals surface area contributed by atoms with Crippen molar-refractivity contribution in [3.05, 3.63) is 0 Å². The van der Waals surface area contributed by atoms with Gasteiger partial charge in [-0.2, -0.15) is 0 Å². The summed E-state index contributed by atoms with van der Waals surface area (Å²) in [6, 6.07) is 0. The van der Waals surface area contributed by atoms with Crippen LogP contribution in [-0.2, 0) is 14.8 Å². The molecule has 0 aliphatic heterocycles.